The first-order valence-corrected chi connectivity index (χ1v) is 16.7. The van der Waals surface area contributed by atoms with Crippen molar-refractivity contribution in [2.45, 2.75) is 43.6 Å². The first kappa shape index (κ1) is 31.0. The van der Waals surface area contributed by atoms with Crippen molar-refractivity contribution in [2.75, 3.05) is 5.75 Å². The lowest BCUT2D eigenvalue weighted by molar-refractivity contribution is -0.268. The van der Waals surface area contributed by atoms with Gasteiger partial charge in [-0.05, 0) is 58.1 Å². The average Bonchev–Trinajstić information content (AvgIpc) is 3.36. The van der Waals surface area contributed by atoms with Crippen LogP contribution in [-0.4, -0.2) is 38.7 Å². The van der Waals surface area contributed by atoms with Gasteiger partial charge in [-0.15, -0.1) is 11.8 Å². The molecular formula is C39H34N2O5S. The van der Waals surface area contributed by atoms with Gasteiger partial charge < -0.3 is 14.6 Å². The van der Waals surface area contributed by atoms with Crippen LogP contribution in [0.5, 0.6) is 0 Å². The van der Waals surface area contributed by atoms with Gasteiger partial charge in [0.2, 0.25) is 0 Å². The van der Waals surface area contributed by atoms with E-state index in [1.54, 1.807) is 42.2 Å². The number of hydrogen-bond acceptors (Lipinski definition) is 7. The van der Waals surface area contributed by atoms with Crippen LogP contribution in [0, 0.1) is 5.92 Å². The molecule has 5 aromatic rings. The molecule has 1 fully saturated rings. The van der Waals surface area contributed by atoms with Crippen LogP contribution in [0.3, 0.4) is 0 Å². The maximum atomic E-state index is 12.9. The number of nitrogens with zero attached hydrogens (tertiary/aromatic N) is 2. The molecule has 0 unspecified atom stereocenters. The topological polar surface area (TPSA) is 89.0 Å². The number of fused-ring (bicyclic) bond motifs is 1. The summed E-state index contributed by atoms with van der Waals surface area (Å²) < 4.78 is 13.2. The van der Waals surface area contributed by atoms with Crippen molar-refractivity contribution in [3.63, 3.8) is 0 Å². The number of aromatic nitrogens is 1. The van der Waals surface area contributed by atoms with E-state index in [2.05, 4.69) is 11.9 Å². The van der Waals surface area contributed by atoms with Crippen LogP contribution < -0.4 is 0 Å². The van der Waals surface area contributed by atoms with Crippen LogP contribution in [0.1, 0.15) is 62.3 Å². The van der Waals surface area contributed by atoms with E-state index >= 15 is 0 Å². The molecule has 4 atom stereocenters. The summed E-state index contributed by atoms with van der Waals surface area (Å²) in [6, 6.07) is 36.8. The Labute approximate surface area is 278 Å². The summed E-state index contributed by atoms with van der Waals surface area (Å²) in [5.74, 6) is 0.274. The maximum Gasteiger partial charge on any atom is 0.261 e. The van der Waals surface area contributed by atoms with Crippen LogP contribution in [0.4, 0.5) is 0 Å². The second-order valence-electron chi connectivity index (χ2n) is 11.9. The number of amides is 2. The Bertz CT molecular complexity index is 1850. The fraction of sp³-hybridized carbons (Fsp3) is 0.205. The van der Waals surface area contributed by atoms with Crippen molar-refractivity contribution in [3.05, 3.63) is 155 Å². The van der Waals surface area contributed by atoms with Crippen LogP contribution in [-0.2, 0) is 22.6 Å². The van der Waals surface area contributed by atoms with E-state index in [9.17, 15) is 14.7 Å². The highest BCUT2D eigenvalue weighted by Gasteiger charge is 2.38. The van der Waals surface area contributed by atoms with E-state index in [1.807, 2.05) is 91.0 Å². The summed E-state index contributed by atoms with van der Waals surface area (Å²) in [6.07, 6.45) is 0.931. The zero-order valence-corrected chi connectivity index (χ0v) is 26.7. The second-order valence-corrected chi connectivity index (χ2v) is 12.9. The Hall–Kier alpha value is -4.60. The molecule has 1 saturated heterocycles. The number of ether oxygens (including phenoxy) is 2. The van der Waals surface area contributed by atoms with Gasteiger partial charge >= 0.3 is 0 Å². The largest absolute Gasteiger partial charge is 0.392 e. The summed E-state index contributed by atoms with van der Waals surface area (Å²) in [7, 11) is 0. The maximum absolute atomic E-state index is 12.9. The lowest BCUT2D eigenvalue weighted by Crippen LogP contribution is -2.38. The smallest absolute Gasteiger partial charge is 0.261 e. The summed E-state index contributed by atoms with van der Waals surface area (Å²) in [4.78, 5) is 31.6. The summed E-state index contributed by atoms with van der Waals surface area (Å²) in [5.41, 5.74) is 6.57. The number of imide groups is 1. The van der Waals surface area contributed by atoms with Gasteiger partial charge in [0.25, 0.3) is 11.8 Å². The highest BCUT2D eigenvalue weighted by atomic mass is 32.2. The molecule has 8 heteroatoms. The predicted octanol–water partition coefficient (Wildman–Crippen LogP) is 7.62. The Morgan fingerprint density at radius 2 is 1.45 bits per heavy atom. The number of rotatable bonds is 9. The van der Waals surface area contributed by atoms with Crippen molar-refractivity contribution in [1.82, 2.24) is 9.88 Å². The standard InChI is InChI=1S/C39H34N2O5S/c1-25-34(24-47-35-11-4-5-20-40-35)45-39(46-36(25)29-14-12-26(23-42)13-15-29)30-18-16-28(17-19-30)31-8-6-7-27(21-31)22-41-37(43)32-9-2-3-10-33(32)38(41)44/h2-21,25,34,36,39,42H,22-24H2,1H3/t25-,34+,36+,39+/m1/s1. The predicted molar refractivity (Wildman–Crippen MR) is 180 cm³/mol. The second kappa shape index (κ2) is 13.6. The summed E-state index contributed by atoms with van der Waals surface area (Å²) in [5, 5.41) is 10.5. The van der Waals surface area contributed by atoms with Crippen LogP contribution in [0.15, 0.2) is 126 Å². The number of hydrogen-bond donors (Lipinski definition) is 1. The first-order chi connectivity index (χ1) is 23.0. The molecule has 4 aromatic carbocycles. The van der Waals surface area contributed by atoms with Gasteiger partial charge in [-0.25, -0.2) is 4.98 Å². The van der Waals surface area contributed by atoms with Gasteiger partial charge in [-0.2, -0.15) is 0 Å². The minimum Gasteiger partial charge on any atom is -0.392 e. The molecule has 1 N–H and O–H groups in total. The molecule has 0 aliphatic carbocycles. The third-order valence-electron chi connectivity index (χ3n) is 8.82. The Morgan fingerprint density at radius 3 is 2.13 bits per heavy atom. The zero-order valence-electron chi connectivity index (χ0n) is 25.9. The first-order valence-electron chi connectivity index (χ1n) is 15.7. The molecule has 236 valence electrons. The third kappa shape index (κ3) is 6.50. The molecule has 47 heavy (non-hydrogen) atoms. The lowest BCUT2D eigenvalue weighted by atomic mass is 9.91. The number of aliphatic hydroxyl groups is 1. The molecular weight excluding hydrogens is 609 g/mol. The van der Waals surface area contributed by atoms with Gasteiger partial charge in [0.1, 0.15) is 0 Å². The molecule has 2 aliphatic heterocycles. The van der Waals surface area contributed by atoms with Crippen molar-refractivity contribution in [2.24, 2.45) is 5.92 Å². The van der Waals surface area contributed by atoms with Crippen molar-refractivity contribution in [1.29, 1.82) is 0 Å². The zero-order chi connectivity index (χ0) is 32.3. The quantitative estimate of drug-likeness (QED) is 0.131. The van der Waals surface area contributed by atoms with Crippen molar-refractivity contribution in [3.8, 4) is 11.1 Å². The van der Waals surface area contributed by atoms with Crippen LogP contribution in [0.25, 0.3) is 11.1 Å². The molecule has 0 saturated carbocycles. The summed E-state index contributed by atoms with van der Waals surface area (Å²) in [6.45, 7) is 2.36. The summed E-state index contributed by atoms with van der Waals surface area (Å²) >= 11 is 1.67. The van der Waals surface area contributed by atoms with Gasteiger partial charge in [0.15, 0.2) is 6.29 Å². The molecule has 0 radical (unpaired) electrons. The minimum atomic E-state index is -0.572. The van der Waals surface area contributed by atoms with E-state index < -0.39 is 6.29 Å². The van der Waals surface area contributed by atoms with E-state index in [0.29, 0.717) is 11.1 Å². The molecule has 3 heterocycles. The highest BCUT2D eigenvalue weighted by Crippen LogP contribution is 2.43. The van der Waals surface area contributed by atoms with Crippen LogP contribution >= 0.6 is 11.8 Å². The lowest BCUT2D eigenvalue weighted by Gasteiger charge is -2.41. The number of benzene rings is 4. The monoisotopic (exact) mass is 642 g/mol. The number of aliphatic hydroxyl groups excluding tert-OH is 1. The molecule has 1 aromatic heterocycles. The van der Waals surface area contributed by atoms with Gasteiger partial charge in [0.05, 0.1) is 41.5 Å². The molecule has 0 spiro atoms. The Kier molecular flexibility index (Phi) is 9.00. The number of carbonyl (C=O) groups is 2. The Morgan fingerprint density at radius 1 is 0.745 bits per heavy atom. The number of pyridine rings is 1. The van der Waals surface area contributed by atoms with Gasteiger partial charge in [-0.3, -0.25) is 14.5 Å². The van der Waals surface area contributed by atoms with Crippen LogP contribution in [0.2, 0.25) is 0 Å². The van der Waals surface area contributed by atoms with Crippen molar-refractivity contribution >= 4 is 23.6 Å². The van der Waals surface area contributed by atoms with E-state index in [1.165, 1.54) is 4.90 Å². The van der Waals surface area contributed by atoms with E-state index in [4.69, 9.17) is 9.47 Å². The molecule has 7 nitrogen and oxygen atoms in total. The van der Waals surface area contributed by atoms with E-state index in [-0.39, 0.29) is 43.1 Å². The number of carbonyl (C=O) groups excluding carboxylic acids is 2. The highest BCUT2D eigenvalue weighted by molar-refractivity contribution is 7.99. The minimum absolute atomic E-state index is 0.00550. The van der Waals surface area contributed by atoms with E-state index in [0.717, 1.165) is 44.2 Å². The average molecular weight is 643 g/mol. The molecule has 7 rings (SSSR count). The van der Waals surface area contributed by atoms with Gasteiger partial charge in [0, 0.05) is 23.4 Å². The third-order valence-corrected chi connectivity index (χ3v) is 9.85. The molecule has 0 bridgehead atoms. The Balaban J connectivity index is 1.10. The number of thioether (sulfide) groups is 1. The normalized spacial score (nSPS) is 20.8. The molecule has 2 aliphatic rings. The molecule has 2 amide bonds. The fourth-order valence-electron chi connectivity index (χ4n) is 6.16. The van der Waals surface area contributed by atoms with Gasteiger partial charge in [-0.1, -0.05) is 91.9 Å². The van der Waals surface area contributed by atoms with Crippen molar-refractivity contribution < 1.29 is 24.2 Å². The SMILES string of the molecule is C[C@@H]1[C@H](CSc2ccccn2)O[C@H](c2ccc(-c3cccc(CN4C(=O)c5ccccc5C4=O)c3)cc2)O[C@@H]1c1ccc(CO)cc1. The fourth-order valence-corrected chi connectivity index (χ4v) is 7.18.